The molecule has 0 aliphatic rings. The molecule has 0 unspecified atom stereocenters. The Bertz CT molecular complexity index is 616. The third-order valence-electron chi connectivity index (χ3n) is 2.45. The van der Waals surface area contributed by atoms with Crippen LogP contribution in [0.2, 0.25) is 0 Å². The molecule has 0 bridgehead atoms. The second kappa shape index (κ2) is 4.28. The first kappa shape index (κ1) is 11.8. The van der Waals surface area contributed by atoms with E-state index < -0.39 is 10.9 Å². The molecule has 0 atom stereocenters. The van der Waals surface area contributed by atoms with Gasteiger partial charge in [-0.05, 0) is 34.2 Å². The zero-order valence-corrected chi connectivity index (χ0v) is 9.40. The number of nitro groups is 1. The Labute approximate surface area is 101 Å². The maximum Gasteiger partial charge on any atom is 0.382 e. The van der Waals surface area contributed by atoms with E-state index in [9.17, 15) is 14.9 Å². The minimum Gasteiger partial charge on any atom is -0.478 e. The van der Waals surface area contributed by atoms with E-state index in [1.165, 1.54) is 22.9 Å². The van der Waals surface area contributed by atoms with Gasteiger partial charge < -0.3 is 15.2 Å². The summed E-state index contributed by atoms with van der Waals surface area (Å²) >= 11 is 0. The molecular weight excluding hydrogens is 238 g/mol. The van der Waals surface area contributed by atoms with Gasteiger partial charge in [0.25, 0.3) is 0 Å². The van der Waals surface area contributed by atoms with Gasteiger partial charge in [-0.15, -0.1) is 0 Å². The molecule has 1 N–H and O–H groups in total. The van der Waals surface area contributed by atoms with Gasteiger partial charge in [0, 0.05) is 12.6 Å². The monoisotopic (exact) mass is 247 g/mol. The van der Waals surface area contributed by atoms with Gasteiger partial charge in [-0.2, -0.15) is 0 Å². The van der Waals surface area contributed by atoms with Crippen LogP contribution in [0, 0.1) is 17.0 Å². The van der Waals surface area contributed by atoms with Crippen LogP contribution in [0.3, 0.4) is 0 Å². The van der Waals surface area contributed by atoms with Crippen LogP contribution in [-0.4, -0.2) is 25.6 Å². The van der Waals surface area contributed by atoms with E-state index in [0.29, 0.717) is 11.5 Å². The molecule has 1 aromatic carbocycles. The lowest BCUT2D eigenvalue weighted by Crippen LogP contribution is -1.99. The first-order valence-corrected chi connectivity index (χ1v) is 5.03. The predicted molar refractivity (Wildman–Crippen MR) is 61.9 cm³/mol. The molecule has 0 aliphatic heterocycles. The van der Waals surface area contributed by atoms with Gasteiger partial charge in [-0.1, -0.05) is 0 Å². The Kier molecular flexibility index (Phi) is 2.80. The SMILES string of the molecule is Cc1nc([N+](=O)[O-])cn1-c1ccc(C(=O)O)cc1. The molecule has 2 rings (SSSR count). The maximum absolute atomic E-state index is 10.7. The zero-order valence-electron chi connectivity index (χ0n) is 9.40. The van der Waals surface area contributed by atoms with Crippen molar-refractivity contribution in [1.82, 2.24) is 9.55 Å². The number of carboxylic acid groups (broad SMARTS) is 1. The van der Waals surface area contributed by atoms with E-state index in [4.69, 9.17) is 5.11 Å². The number of carbonyl (C=O) groups is 1. The summed E-state index contributed by atoms with van der Waals surface area (Å²) in [6, 6.07) is 6.01. The molecule has 0 spiro atoms. The molecule has 7 nitrogen and oxygen atoms in total. The number of hydrogen-bond donors (Lipinski definition) is 1. The average molecular weight is 247 g/mol. The van der Waals surface area contributed by atoms with Crippen LogP contribution < -0.4 is 0 Å². The van der Waals surface area contributed by atoms with E-state index in [1.807, 2.05) is 0 Å². The molecule has 0 saturated heterocycles. The largest absolute Gasteiger partial charge is 0.478 e. The second-order valence-electron chi connectivity index (χ2n) is 3.63. The van der Waals surface area contributed by atoms with Crippen LogP contribution >= 0.6 is 0 Å². The van der Waals surface area contributed by atoms with Crippen LogP contribution in [0.4, 0.5) is 5.82 Å². The summed E-state index contributed by atoms with van der Waals surface area (Å²) in [5, 5.41) is 19.4. The van der Waals surface area contributed by atoms with Crippen molar-refractivity contribution in [3.8, 4) is 5.69 Å². The number of aryl methyl sites for hydroxylation is 1. The smallest absolute Gasteiger partial charge is 0.382 e. The van der Waals surface area contributed by atoms with Gasteiger partial charge in [0.15, 0.2) is 0 Å². The lowest BCUT2D eigenvalue weighted by Gasteiger charge is -2.02. The summed E-state index contributed by atoms with van der Waals surface area (Å²) in [4.78, 5) is 24.5. The summed E-state index contributed by atoms with van der Waals surface area (Å²) in [6.45, 7) is 1.64. The standard InChI is InChI=1S/C11H9N3O4/c1-7-12-10(14(17)18)6-13(7)9-4-2-8(3-5-9)11(15)16/h2-6H,1H3,(H,15,16). The number of aromatic carboxylic acids is 1. The van der Waals surface area contributed by atoms with Crippen molar-refractivity contribution in [2.24, 2.45) is 0 Å². The van der Waals surface area contributed by atoms with Crippen LogP contribution in [0.15, 0.2) is 30.5 Å². The Morgan fingerprint density at radius 1 is 1.39 bits per heavy atom. The fourth-order valence-electron chi connectivity index (χ4n) is 1.57. The van der Waals surface area contributed by atoms with Crippen molar-refractivity contribution < 1.29 is 14.8 Å². The molecule has 0 aliphatic carbocycles. The van der Waals surface area contributed by atoms with E-state index >= 15 is 0 Å². The van der Waals surface area contributed by atoms with E-state index in [0.717, 1.165) is 0 Å². The highest BCUT2D eigenvalue weighted by molar-refractivity contribution is 5.87. The minimum absolute atomic E-state index is 0.158. The van der Waals surface area contributed by atoms with Crippen molar-refractivity contribution in [2.45, 2.75) is 6.92 Å². The van der Waals surface area contributed by atoms with E-state index in [2.05, 4.69) is 4.98 Å². The summed E-state index contributed by atoms with van der Waals surface area (Å²) in [7, 11) is 0. The van der Waals surface area contributed by atoms with Gasteiger partial charge in [0.1, 0.15) is 6.20 Å². The Hall–Kier alpha value is -2.70. The number of rotatable bonds is 3. The highest BCUT2D eigenvalue weighted by Gasteiger charge is 2.16. The third kappa shape index (κ3) is 2.05. The topological polar surface area (TPSA) is 98.3 Å². The predicted octanol–water partition coefficient (Wildman–Crippen LogP) is 1.79. The molecule has 2 aromatic rings. The maximum atomic E-state index is 10.7. The van der Waals surface area contributed by atoms with Crippen molar-refractivity contribution in [2.75, 3.05) is 0 Å². The summed E-state index contributed by atoms with van der Waals surface area (Å²) in [5.41, 5.74) is 0.782. The third-order valence-corrected chi connectivity index (χ3v) is 2.45. The first-order valence-electron chi connectivity index (χ1n) is 5.03. The molecule has 7 heteroatoms. The van der Waals surface area contributed by atoms with Crippen molar-refractivity contribution in [3.05, 3.63) is 52.0 Å². The number of benzene rings is 1. The van der Waals surface area contributed by atoms with Gasteiger partial charge in [-0.25, -0.2) is 4.79 Å². The number of aromatic nitrogens is 2. The molecule has 0 fully saturated rings. The lowest BCUT2D eigenvalue weighted by molar-refractivity contribution is -0.389. The Balaban J connectivity index is 2.42. The van der Waals surface area contributed by atoms with Gasteiger partial charge >= 0.3 is 11.8 Å². The lowest BCUT2D eigenvalue weighted by atomic mass is 10.2. The zero-order chi connectivity index (χ0) is 13.3. The molecule has 1 heterocycles. The van der Waals surface area contributed by atoms with Crippen LogP contribution in [0.5, 0.6) is 0 Å². The Morgan fingerprint density at radius 3 is 2.44 bits per heavy atom. The van der Waals surface area contributed by atoms with Crippen LogP contribution in [0.25, 0.3) is 5.69 Å². The summed E-state index contributed by atoms with van der Waals surface area (Å²) < 4.78 is 1.53. The second-order valence-corrected chi connectivity index (χ2v) is 3.63. The Morgan fingerprint density at radius 2 is 2.00 bits per heavy atom. The fourth-order valence-corrected chi connectivity index (χ4v) is 1.57. The summed E-state index contributed by atoms with van der Waals surface area (Å²) in [6.07, 6.45) is 1.30. The molecule has 92 valence electrons. The van der Waals surface area contributed by atoms with E-state index in [1.54, 1.807) is 19.1 Å². The molecule has 0 saturated carbocycles. The average Bonchev–Trinajstić information content (AvgIpc) is 2.71. The van der Waals surface area contributed by atoms with Crippen molar-refractivity contribution >= 4 is 11.8 Å². The van der Waals surface area contributed by atoms with Gasteiger partial charge in [-0.3, -0.25) is 4.57 Å². The highest BCUT2D eigenvalue weighted by Crippen LogP contribution is 2.17. The van der Waals surface area contributed by atoms with Crippen molar-refractivity contribution in [3.63, 3.8) is 0 Å². The molecule has 18 heavy (non-hydrogen) atoms. The quantitative estimate of drug-likeness (QED) is 0.658. The number of imidazole rings is 1. The van der Waals surface area contributed by atoms with Crippen LogP contribution in [0.1, 0.15) is 16.2 Å². The molecule has 0 radical (unpaired) electrons. The molecular formula is C11H9N3O4. The normalized spacial score (nSPS) is 10.3. The first-order chi connectivity index (χ1) is 8.49. The van der Waals surface area contributed by atoms with Crippen LogP contribution in [-0.2, 0) is 0 Å². The minimum atomic E-state index is -1.02. The van der Waals surface area contributed by atoms with Gasteiger partial charge in [0.2, 0.25) is 5.82 Å². The van der Waals surface area contributed by atoms with Gasteiger partial charge in [0.05, 0.1) is 5.56 Å². The molecule has 1 aromatic heterocycles. The van der Waals surface area contributed by atoms with E-state index in [-0.39, 0.29) is 11.4 Å². The number of carboxylic acids is 1. The number of nitrogens with zero attached hydrogens (tertiary/aromatic N) is 3. The van der Waals surface area contributed by atoms with Crippen molar-refractivity contribution in [1.29, 1.82) is 0 Å². The highest BCUT2D eigenvalue weighted by atomic mass is 16.6. The summed E-state index contributed by atoms with van der Waals surface area (Å²) in [5.74, 6) is -0.797. The molecule has 0 amide bonds. The fraction of sp³-hybridized carbons (Fsp3) is 0.0909. The number of hydrogen-bond acceptors (Lipinski definition) is 4.